The predicted octanol–water partition coefficient (Wildman–Crippen LogP) is 2.15. The molecule has 1 aliphatic heterocycles. The molecule has 6 nitrogen and oxygen atoms in total. The van der Waals surface area contributed by atoms with E-state index in [-0.39, 0.29) is 5.75 Å². The van der Waals surface area contributed by atoms with Crippen molar-refractivity contribution >= 4 is 10.0 Å². The van der Waals surface area contributed by atoms with Crippen LogP contribution in [0.25, 0.3) is 0 Å². The molecule has 0 bridgehead atoms. The SMILES string of the molecule is COc1cccc(CNCc2ccccc2CS(=O)(=O)N2CCOCC2)c1. The lowest BCUT2D eigenvalue weighted by atomic mass is 10.1. The van der Waals surface area contributed by atoms with E-state index >= 15 is 0 Å². The molecule has 2 aromatic carbocycles. The molecule has 0 atom stereocenters. The molecule has 1 fully saturated rings. The Bertz CT molecular complexity index is 849. The summed E-state index contributed by atoms with van der Waals surface area (Å²) >= 11 is 0. The van der Waals surface area contributed by atoms with Gasteiger partial charge in [-0.15, -0.1) is 0 Å². The zero-order valence-corrected chi connectivity index (χ0v) is 16.4. The summed E-state index contributed by atoms with van der Waals surface area (Å²) in [5, 5.41) is 3.39. The molecule has 0 unspecified atom stereocenters. The first kappa shape index (κ1) is 19.8. The van der Waals surface area contributed by atoms with Crippen LogP contribution < -0.4 is 10.1 Å². The number of methoxy groups -OCH3 is 1. The second-order valence-electron chi connectivity index (χ2n) is 6.49. The van der Waals surface area contributed by atoms with E-state index in [2.05, 4.69) is 5.32 Å². The van der Waals surface area contributed by atoms with Gasteiger partial charge in [0.1, 0.15) is 5.75 Å². The van der Waals surface area contributed by atoms with Crippen molar-refractivity contribution in [1.29, 1.82) is 0 Å². The van der Waals surface area contributed by atoms with Crippen LogP contribution in [0.2, 0.25) is 0 Å². The molecule has 1 saturated heterocycles. The predicted molar refractivity (Wildman–Crippen MR) is 105 cm³/mol. The van der Waals surface area contributed by atoms with Crippen molar-refractivity contribution in [3.05, 3.63) is 65.2 Å². The van der Waals surface area contributed by atoms with Gasteiger partial charge in [-0.3, -0.25) is 0 Å². The molecule has 0 aromatic heterocycles. The minimum Gasteiger partial charge on any atom is -0.497 e. The molecule has 1 heterocycles. The van der Waals surface area contributed by atoms with Gasteiger partial charge in [0.15, 0.2) is 0 Å². The van der Waals surface area contributed by atoms with Crippen LogP contribution in [0.15, 0.2) is 48.5 Å². The smallest absolute Gasteiger partial charge is 0.218 e. The number of nitrogens with one attached hydrogen (secondary N) is 1. The van der Waals surface area contributed by atoms with Crippen LogP contribution in [0.4, 0.5) is 0 Å². The maximum atomic E-state index is 12.7. The number of hydrogen-bond acceptors (Lipinski definition) is 5. The third-order valence-corrected chi connectivity index (χ3v) is 6.43. The first-order valence-electron chi connectivity index (χ1n) is 9.04. The Morgan fingerprint density at radius 2 is 1.78 bits per heavy atom. The second-order valence-corrected chi connectivity index (χ2v) is 8.46. The number of morpholine rings is 1. The van der Waals surface area contributed by atoms with E-state index in [4.69, 9.17) is 9.47 Å². The molecule has 0 amide bonds. The average molecular weight is 391 g/mol. The van der Waals surface area contributed by atoms with Gasteiger partial charge in [0, 0.05) is 26.2 Å². The molecule has 2 aromatic rings. The Hall–Kier alpha value is -1.93. The van der Waals surface area contributed by atoms with E-state index in [1.165, 1.54) is 4.31 Å². The zero-order valence-electron chi connectivity index (χ0n) is 15.6. The van der Waals surface area contributed by atoms with Crippen molar-refractivity contribution < 1.29 is 17.9 Å². The number of sulfonamides is 1. The molecular weight excluding hydrogens is 364 g/mol. The van der Waals surface area contributed by atoms with Gasteiger partial charge in [-0.1, -0.05) is 36.4 Å². The van der Waals surface area contributed by atoms with Gasteiger partial charge in [-0.25, -0.2) is 8.42 Å². The van der Waals surface area contributed by atoms with Gasteiger partial charge >= 0.3 is 0 Å². The number of ether oxygens (including phenoxy) is 2. The average Bonchev–Trinajstić information content (AvgIpc) is 2.70. The molecule has 27 heavy (non-hydrogen) atoms. The third kappa shape index (κ3) is 5.52. The Balaban J connectivity index is 1.63. The number of rotatable bonds is 8. The second kappa shape index (κ2) is 9.32. The lowest BCUT2D eigenvalue weighted by Crippen LogP contribution is -2.41. The molecule has 0 spiro atoms. The summed E-state index contributed by atoms with van der Waals surface area (Å²) in [7, 11) is -1.69. The molecule has 1 aliphatic rings. The highest BCUT2D eigenvalue weighted by atomic mass is 32.2. The normalized spacial score (nSPS) is 15.6. The maximum Gasteiger partial charge on any atom is 0.218 e. The van der Waals surface area contributed by atoms with Crippen molar-refractivity contribution in [3.8, 4) is 5.75 Å². The van der Waals surface area contributed by atoms with Crippen LogP contribution in [0.1, 0.15) is 16.7 Å². The molecule has 146 valence electrons. The quantitative estimate of drug-likeness (QED) is 0.748. The largest absolute Gasteiger partial charge is 0.497 e. The summed E-state index contributed by atoms with van der Waals surface area (Å²) in [5.41, 5.74) is 2.95. The zero-order chi connectivity index (χ0) is 19.1. The fourth-order valence-corrected chi connectivity index (χ4v) is 4.67. The van der Waals surface area contributed by atoms with Gasteiger partial charge in [0.05, 0.1) is 26.1 Å². The Kier molecular flexibility index (Phi) is 6.84. The van der Waals surface area contributed by atoms with Crippen molar-refractivity contribution in [3.63, 3.8) is 0 Å². The monoisotopic (exact) mass is 390 g/mol. The Morgan fingerprint density at radius 3 is 2.52 bits per heavy atom. The summed E-state index contributed by atoms with van der Waals surface area (Å²) in [4.78, 5) is 0. The fraction of sp³-hybridized carbons (Fsp3) is 0.400. The molecule has 0 aliphatic carbocycles. The summed E-state index contributed by atoms with van der Waals surface area (Å²) in [5.74, 6) is 0.843. The van der Waals surface area contributed by atoms with E-state index < -0.39 is 10.0 Å². The van der Waals surface area contributed by atoms with E-state index in [0.29, 0.717) is 39.4 Å². The van der Waals surface area contributed by atoms with Gasteiger partial charge in [-0.2, -0.15) is 4.31 Å². The maximum absolute atomic E-state index is 12.7. The molecule has 0 radical (unpaired) electrons. The summed E-state index contributed by atoms with van der Waals surface area (Å²) in [6.07, 6.45) is 0. The van der Waals surface area contributed by atoms with E-state index in [1.54, 1.807) is 7.11 Å². The fourth-order valence-electron chi connectivity index (χ4n) is 3.11. The van der Waals surface area contributed by atoms with Crippen molar-refractivity contribution in [2.45, 2.75) is 18.8 Å². The van der Waals surface area contributed by atoms with Gasteiger partial charge in [0.2, 0.25) is 10.0 Å². The summed E-state index contributed by atoms with van der Waals surface area (Å²) in [6.45, 7) is 3.07. The highest BCUT2D eigenvalue weighted by Gasteiger charge is 2.25. The Labute approximate surface area is 161 Å². The van der Waals surface area contributed by atoms with Crippen LogP contribution in [0, 0.1) is 0 Å². The van der Waals surface area contributed by atoms with Gasteiger partial charge < -0.3 is 14.8 Å². The van der Waals surface area contributed by atoms with E-state index in [9.17, 15) is 8.42 Å². The summed E-state index contributed by atoms with van der Waals surface area (Å²) in [6, 6.07) is 15.6. The van der Waals surface area contributed by atoms with E-state index in [1.807, 2.05) is 48.5 Å². The van der Waals surface area contributed by atoms with Crippen LogP contribution >= 0.6 is 0 Å². The Morgan fingerprint density at radius 1 is 1.04 bits per heavy atom. The lowest BCUT2D eigenvalue weighted by molar-refractivity contribution is 0.0729. The topological polar surface area (TPSA) is 67.9 Å². The molecule has 7 heteroatoms. The van der Waals surface area contributed by atoms with Crippen molar-refractivity contribution in [2.24, 2.45) is 0 Å². The number of nitrogens with zero attached hydrogens (tertiary/aromatic N) is 1. The lowest BCUT2D eigenvalue weighted by Gasteiger charge is -2.26. The van der Waals surface area contributed by atoms with E-state index in [0.717, 1.165) is 22.4 Å². The highest BCUT2D eigenvalue weighted by Crippen LogP contribution is 2.17. The van der Waals surface area contributed by atoms with Crippen molar-refractivity contribution in [2.75, 3.05) is 33.4 Å². The standard InChI is InChI=1S/C20H26N2O4S/c1-25-20-8-4-5-17(13-20)14-21-15-18-6-2-3-7-19(18)16-27(23,24)22-9-11-26-12-10-22/h2-8,13,21H,9-12,14-16H2,1H3. The van der Waals surface area contributed by atoms with Gasteiger partial charge in [0.25, 0.3) is 0 Å². The number of hydrogen-bond donors (Lipinski definition) is 1. The molecule has 1 N–H and O–H groups in total. The molecule has 3 rings (SSSR count). The molecular formula is C20H26N2O4S. The van der Waals surface area contributed by atoms with Crippen LogP contribution in [0.5, 0.6) is 5.75 Å². The van der Waals surface area contributed by atoms with Gasteiger partial charge in [-0.05, 0) is 28.8 Å². The molecule has 0 saturated carbocycles. The minimum atomic E-state index is -3.34. The van der Waals surface area contributed by atoms with Crippen LogP contribution in [-0.2, 0) is 33.6 Å². The minimum absolute atomic E-state index is 0.0179. The third-order valence-electron chi connectivity index (χ3n) is 4.60. The highest BCUT2D eigenvalue weighted by molar-refractivity contribution is 7.88. The van der Waals surface area contributed by atoms with Crippen LogP contribution in [-0.4, -0.2) is 46.1 Å². The number of benzene rings is 2. The van der Waals surface area contributed by atoms with Crippen LogP contribution in [0.3, 0.4) is 0 Å². The summed E-state index contributed by atoms with van der Waals surface area (Å²) < 4.78 is 37.4. The first-order valence-corrected chi connectivity index (χ1v) is 10.7. The van der Waals surface area contributed by atoms with Crippen molar-refractivity contribution in [1.82, 2.24) is 9.62 Å². The first-order chi connectivity index (χ1) is 13.1.